The van der Waals surface area contributed by atoms with Gasteiger partial charge in [0.25, 0.3) is 0 Å². The monoisotopic (exact) mass is 265 g/mol. The van der Waals surface area contributed by atoms with Crippen molar-refractivity contribution in [3.63, 3.8) is 0 Å². The second-order valence-electron chi connectivity index (χ2n) is 6.86. The van der Waals surface area contributed by atoms with Crippen LogP contribution in [-0.4, -0.2) is 25.7 Å². The van der Waals surface area contributed by atoms with Gasteiger partial charge in [0.2, 0.25) is 5.91 Å². The van der Waals surface area contributed by atoms with Crippen LogP contribution < -0.4 is 5.32 Å². The van der Waals surface area contributed by atoms with Crippen LogP contribution in [0.25, 0.3) is 0 Å². The molecule has 0 radical (unpaired) electrons. The first kappa shape index (κ1) is 13.4. The molecular weight excluding hydrogens is 238 g/mol. The molecule has 3 aliphatic rings. The minimum Gasteiger partial charge on any atom is -0.381 e. The maximum atomic E-state index is 11.9. The van der Waals surface area contributed by atoms with Crippen molar-refractivity contribution >= 4 is 5.91 Å². The van der Waals surface area contributed by atoms with E-state index in [1.807, 2.05) is 0 Å². The van der Waals surface area contributed by atoms with Gasteiger partial charge in [0.15, 0.2) is 0 Å². The van der Waals surface area contributed by atoms with E-state index in [2.05, 4.69) is 5.32 Å². The van der Waals surface area contributed by atoms with Crippen molar-refractivity contribution in [2.75, 3.05) is 19.8 Å². The first-order valence-electron chi connectivity index (χ1n) is 8.15. The summed E-state index contributed by atoms with van der Waals surface area (Å²) in [5.74, 6) is 3.59. The average molecular weight is 265 g/mol. The van der Waals surface area contributed by atoms with Crippen molar-refractivity contribution in [1.82, 2.24) is 5.32 Å². The molecular formula is C16H27NO2. The topological polar surface area (TPSA) is 38.3 Å². The van der Waals surface area contributed by atoms with E-state index in [-0.39, 0.29) is 5.91 Å². The normalized spacial score (nSPS) is 32.7. The zero-order valence-corrected chi connectivity index (χ0v) is 11.9. The van der Waals surface area contributed by atoms with Crippen LogP contribution in [-0.2, 0) is 9.53 Å². The van der Waals surface area contributed by atoms with Gasteiger partial charge in [-0.2, -0.15) is 0 Å². The maximum Gasteiger partial charge on any atom is 0.220 e. The highest BCUT2D eigenvalue weighted by atomic mass is 16.5. The smallest absolute Gasteiger partial charge is 0.220 e. The molecule has 0 unspecified atom stereocenters. The van der Waals surface area contributed by atoms with Crippen molar-refractivity contribution in [2.24, 2.45) is 23.7 Å². The first-order chi connectivity index (χ1) is 9.31. The molecule has 0 saturated heterocycles. The van der Waals surface area contributed by atoms with E-state index in [1.54, 1.807) is 0 Å². The summed E-state index contributed by atoms with van der Waals surface area (Å²) in [6.07, 6.45) is 9.91. The summed E-state index contributed by atoms with van der Waals surface area (Å²) in [6, 6.07) is 0. The predicted octanol–water partition coefficient (Wildman–Crippen LogP) is 2.75. The van der Waals surface area contributed by atoms with E-state index in [9.17, 15) is 4.79 Å². The van der Waals surface area contributed by atoms with Gasteiger partial charge in [0, 0.05) is 26.2 Å². The van der Waals surface area contributed by atoms with Gasteiger partial charge in [-0.25, -0.2) is 0 Å². The number of carbonyl (C=O) groups is 1. The molecule has 0 spiro atoms. The Morgan fingerprint density at radius 3 is 2.74 bits per heavy atom. The second kappa shape index (κ2) is 6.25. The summed E-state index contributed by atoms with van der Waals surface area (Å²) in [6.45, 7) is 2.51. The van der Waals surface area contributed by atoms with Gasteiger partial charge in [0.05, 0.1) is 0 Å². The van der Waals surface area contributed by atoms with E-state index in [4.69, 9.17) is 4.74 Å². The SMILES string of the molecule is O=C(C[C@@H]1C[C@H]2CC[C@H]1C2)NCCCOCC1CC1. The van der Waals surface area contributed by atoms with Crippen molar-refractivity contribution < 1.29 is 9.53 Å². The lowest BCUT2D eigenvalue weighted by Crippen LogP contribution is -2.28. The first-order valence-corrected chi connectivity index (χ1v) is 8.15. The Balaban J connectivity index is 1.21. The molecule has 3 heteroatoms. The fraction of sp³-hybridized carbons (Fsp3) is 0.938. The molecule has 0 heterocycles. The minimum absolute atomic E-state index is 0.264. The van der Waals surface area contributed by atoms with Gasteiger partial charge in [-0.15, -0.1) is 0 Å². The molecule has 2 bridgehead atoms. The van der Waals surface area contributed by atoms with E-state index < -0.39 is 0 Å². The highest BCUT2D eigenvalue weighted by Crippen LogP contribution is 2.49. The standard InChI is InChI=1S/C16H27NO2/c18-16(10-15-9-13-4-5-14(15)8-13)17-6-1-7-19-11-12-2-3-12/h12-15H,1-11H2,(H,17,18)/t13-,14-,15-/m0/s1. The summed E-state index contributed by atoms with van der Waals surface area (Å²) in [7, 11) is 0. The summed E-state index contributed by atoms with van der Waals surface area (Å²) in [4.78, 5) is 11.9. The van der Waals surface area contributed by atoms with Crippen molar-refractivity contribution in [3.05, 3.63) is 0 Å². The molecule has 3 aliphatic carbocycles. The molecule has 0 aromatic carbocycles. The fourth-order valence-electron chi connectivity index (χ4n) is 3.87. The predicted molar refractivity (Wildman–Crippen MR) is 74.7 cm³/mol. The van der Waals surface area contributed by atoms with E-state index in [1.165, 1.54) is 38.5 Å². The van der Waals surface area contributed by atoms with Gasteiger partial charge in [-0.3, -0.25) is 4.79 Å². The molecule has 3 atom stereocenters. The molecule has 0 aromatic rings. The number of nitrogens with one attached hydrogen (secondary N) is 1. The van der Waals surface area contributed by atoms with Crippen molar-refractivity contribution in [2.45, 2.75) is 51.4 Å². The maximum absolute atomic E-state index is 11.9. The van der Waals surface area contributed by atoms with Gasteiger partial charge in [-0.05, 0) is 62.2 Å². The van der Waals surface area contributed by atoms with Crippen molar-refractivity contribution in [3.8, 4) is 0 Å². The summed E-state index contributed by atoms with van der Waals surface area (Å²) < 4.78 is 5.56. The number of hydrogen-bond donors (Lipinski definition) is 1. The Kier molecular flexibility index (Phi) is 4.42. The van der Waals surface area contributed by atoms with Gasteiger partial charge < -0.3 is 10.1 Å². The third-order valence-corrected chi connectivity index (χ3v) is 5.17. The molecule has 3 fully saturated rings. The van der Waals surface area contributed by atoms with Crippen LogP contribution in [0.4, 0.5) is 0 Å². The number of carbonyl (C=O) groups excluding carboxylic acids is 1. The van der Waals surface area contributed by atoms with E-state index in [0.717, 1.165) is 50.4 Å². The largest absolute Gasteiger partial charge is 0.381 e. The van der Waals surface area contributed by atoms with E-state index in [0.29, 0.717) is 5.92 Å². The minimum atomic E-state index is 0.264. The fourth-order valence-corrected chi connectivity index (χ4v) is 3.87. The van der Waals surface area contributed by atoms with Crippen LogP contribution in [0, 0.1) is 23.7 Å². The number of rotatable bonds is 8. The second-order valence-corrected chi connectivity index (χ2v) is 6.86. The summed E-state index contributed by atoms with van der Waals surface area (Å²) >= 11 is 0. The van der Waals surface area contributed by atoms with Gasteiger partial charge in [-0.1, -0.05) is 6.42 Å². The average Bonchev–Trinajstić information content (AvgIpc) is 2.99. The highest BCUT2D eigenvalue weighted by Gasteiger charge is 2.39. The number of hydrogen-bond acceptors (Lipinski definition) is 2. The zero-order chi connectivity index (χ0) is 13.1. The zero-order valence-electron chi connectivity index (χ0n) is 11.9. The molecule has 3 rings (SSSR count). The number of ether oxygens (including phenoxy) is 1. The van der Waals surface area contributed by atoms with Crippen LogP contribution >= 0.6 is 0 Å². The molecule has 3 nitrogen and oxygen atoms in total. The molecule has 1 amide bonds. The Bertz CT molecular complexity index is 314. The Labute approximate surface area is 116 Å². The van der Waals surface area contributed by atoms with Gasteiger partial charge >= 0.3 is 0 Å². The lowest BCUT2D eigenvalue weighted by Gasteiger charge is -2.20. The van der Waals surface area contributed by atoms with Crippen LogP contribution in [0.5, 0.6) is 0 Å². The molecule has 0 aromatic heterocycles. The number of fused-ring (bicyclic) bond motifs is 2. The molecule has 1 N–H and O–H groups in total. The Morgan fingerprint density at radius 2 is 2.05 bits per heavy atom. The van der Waals surface area contributed by atoms with Crippen LogP contribution in [0.2, 0.25) is 0 Å². The van der Waals surface area contributed by atoms with Crippen LogP contribution in [0.3, 0.4) is 0 Å². The summed E-state index contributed by atoms with van der Waals surface area (Å²) in [5, 5.41) is 3.05. The molecule has 0 aliphatic heterocycles. The van der Waals surface area contributed by atoms with Crippen LogP contribution in [0.15, 0.2) is 0 Å². The van der Waals surface area contributed by atoms with E-state index >= 15 is 0 Å². The lowest BCUT2D eigenvalue weighted by atomic mass is 9.86. The third kappa shape index (κ3) is 3.95. The quantitative estimate of drug-likeness (QED) is 0.685. The third-order valence-electron chi connectivity index (χ3n) is 5.17. The van der Waals surface area contributed by atoms with Crippen LogP contribution in [0.1, 0.15) is 51.4 Å². The van der Waals surface area contributed by atoms with Crippen molar-refractivity contribution in [1.29, 1.82) is 0 Å². The summed E-state index contributed by atoms with van der Waals surface area (Å²) in [5.41, 5.74) is 0. The molecule has 108 valence electrons. The number of amides is 1. The Morgan fingerprint density at radius 1 is 1.16 bits per heavy atom. The molecule has 3 saturated carbocycles. The van der Waals surface area contributed by atoms with Gasteiger partial charge in [0.1, 0.15) is 0 Å². The lowest BCUT2D eigenvalue weighted by molar-refractivity contribution is -0.122. The Hall–Kier alpha value is -0.570. The highest BCUT2D eigenvalue weighted by molar-refractivity contribution is 5.76. The molecule has 19 heavy (non-hydrogen) atoms.